The third-order valence-electron chi connectivity index (χ3n) is 4.26. The van der Waals surface area contributed by atoms with E-state index in [1.807, 2.05) is 6.07 Å². The molecule has 2 aromatic rings. The average molecular weight is 368 g/mol. The Morgan fingerprint density at radius 3 is 2.63 bits per heavy atom. The summed E-state index contributed by atoms with van der Waals surface area (Å²) < 4.78 is 0. The highest BCUT2D eigenvalue weighted by molar-refractivity contribution is 5.95. The number of carboxylic acids is 1. The first-order chi connectivity index (χ1) is 13.0. The van der Waals surface area contributed by atoms with Gasteiger partial charge in [-0.3, -0.25) is 9.78 Å². The second kappa shape index (κ2) is 8.31. The molecular weight excluding hydrogens is 348 g/mol. The highest BCUT2D eigenvalue weighted by atomic mass is 16.4. The van der Waals surface area contributed by atoms with Crippen LogP contribution in [-0.2, 0) is 6.54 Å². The second-order valence-corrected chi connectivity index (χ2v) is 6.24. The lowest BCUT2D eigenvalue weighted by atomic mass is 10.2. The molecule has 8 nitrogen and oxygen atoms in total. The predicted molar refractivity (Wildman–Crippen MR) is 98.6 cm³/mol. The SMILES string of the molecule is O=C(O)c1ccnc(C(=O)NCc2cccc(NC(=O)N3CCCC3)c2)c1. The number of carbonyl (C=O) groups is 3. The van der Waals surface area contributed by atoms with Gasteiger partial charge >= 0.3 is 12.0 Å². The van der Waals surface area contributed by atoms with E-state index in [4.69, 9.17) is 5.11 Å². The van der Waals surface area contributed by atoms with Crippen LogP contribution in [0.5, 0.6) is 0 Å². The van der Waals surface area contributed by atoms with Crippen LogP contribution >= 0.6 is 0 Å². The van der Waals surface area contributed by atoms with Gasteiger partial charge in [0.05, 0.1) is 5.56 Å². The number of rotatable bonds is 5. The molecule has 3 N–H and O–H groups in total. The minimum Gasteiger partial charge on any atom is -0.478 e. The second-order valence-electron chi connectivity index (χ2n) is 6.24. The first-order valence-electron chi connectivity index (χ1n) is 8.65. The van der Waals surface area contributed by atoms with E-state index in [1.165, 1.54) is 18.3 Å². The first-order valence-corrected chi connectivity index (χ1v) is 8.65. The quantitative estimate of drug-likeness (QED) is 0.750. The van der Waals surface area contributed by atoms with Crippen LogP contribution in [0.3, 0.4) is 0 Å². The number of likely N-dealkylation sites (tertiary alicyclic amines) is 1. The van der Waals surface area contributed by atoms with Gasteiger partial charge < -0.3 is 20.6 Å². The van der Waals surface area contributed by atoms with Crippen LogP contribution in [0.1, 0.15) is 39.3 Å². The largest absolute Gasteiger partial charge is 0.478 e. The summed E-state index contributed by atoms with van der Waals surface area (Å²) in [7, 11) is 0. The molecule has 1 aliphatic rings. The molecule has 0 bridgehead atoms. The van der Waals surface area contributed by atoms with Gasteiger partial charge in [-0.2, -0.15) is 0 Å². The number of anilines is 1. The monoisotopic (exact) mass is 368 g/mol. The summed E-state index contributed by atoms with van der Waals surface area (Å²) >= 11 is 0. The number of hydrogen-bond donors (Lipinski definition) is 3. The number of nitrogens with one attached hydrogen (secondary N) is 2. The third kappa shape index (κ3) is 4.81. The highest BCUT2D eigenvalue weighted by Crippen LogP contribution is 2.14. The Morgan fingerprint density at radius 1 is 1.11 bits per heavy atom. The zero-order chi connectivity index (χ0) is 19.2. The van der Waals surface area contributed by atoms with E-state index in [1.54, 1.807) is 23.1 Å². The molecule has 1 aromatic carbocycles. The van der Waals surface area contributed by atoms with Crippen molar-refractivity contribution >= 4 is 23.6 Å². The number of pyridine rings is 1. The van der Waals surface area contributed by atoms with E-state index in [2.05, 4.69) is 15.6 Å². The van der Waals surface area contributed by atoms with Crippen LogP contribution < -0.4 is 10.6 Å². The summed E-state index contributed by atoms with van der Waals surface area (Å²) in [5, 5.41) is 14.5. The van der Waals surface area contributed by atoms with E-state index >= 15 is 0 Å². The maximum Gasteiger partial charge on any atom is 0.335 e. The topological polar surface area (TPSA) is 112 Å². The van der Waals surface area contributed by atoms with Crippen LogP contribution in [0.25, 0.3) is 0 Å². The van der Waals surface area contributed by atoms with Crippen molar-refractivity contribution in [2.24, 2.45) is 0 Å². The molecular formula is C19H20N4O4. The van der Waals surface area contributed by atoms with Gasteiger partial charge in [-0.1, -0.05) is 12.1 Å². The van der Waals surface area contributed by atoms with Gasteiger partial charge in [-0.15, -0.1) is 0 Å². The molecule has 1 fully saturated rings. The van der Waals surface area contributed by atoms with Crippen molar-refractivity contribution in [3.8, 4) is 0 Å². The third-order valence-corrected chi connectivity index (χ3v) is 4.26. The lowest BCUT2D eigenvalue weighted by Gasteiger charge is -2.16. The Bertz CT molecular complexity index is 862. The normalized spacial score (nSPS) is 13.3. The number of aromatic nitrogens is 1. The summed E-state index contributed by atoms with van der Waals surface area (Å²) in [5.74, 6) is -1.59. The van der Waals surface area contributed by atoms with Crippen molar-refractivity contribution in [1.82, 2.24) is 15.2 Å². The van der Waals surface area contributed by atoms with Gasteiger partial charge in [0.15, 0.2) is 0 Å². The molecule has 0 radical (unpaired) electrons. The molecule has 0 atom stereocenters. The van der Waals surface area contributed by atoms with E-state index < -0.39 is 11.9 Å². The van der Waals surface area contributed by atoms with Crippen molar-refractivity contribution in [3.05, 3.63) is 59.4 Å². The number of benzene rings is 1. The number of aromatic carboxylic acids is 1. The van der Waals surface area contributed by atoms with Crippen molar-refractivity contribution in [2.75, 3.05) is 18.4 Å². The molecule has 0 aliphatic carbocycles. The van der Waals surface area contributed by atoms with Crippen LogP contribution in [0, 0.1) is 0 Å². The van der Waals surface area contributed by atoms with E-state index in [0.717, 1.165) is 31.5 Å². The molecule has 1 saturated heterocycles. The number of carboxylic acid groups (broad SMARTS) is 1. The van der Waals surface area contributed by atoms with E-state index in [0.29, 0.717) is 5.69 Å². The van der Waals surface area contributed by atoms with Gasteiger partial charge in [0.1, 0.15) is 5.69 Å². The van der Waals surface area contributed by atoms with Crippen molar-refractivity contribution in [3.63, 3.8) is 0 Å². The molecule has 2 heterocycles. The van der Waals surface area contributed by atoms with E-state index in [-0.39, 0.29) is 23.8 Å². The molecule has 1 aliphatic heterocycles. The van der Waals surface area contributed by atoms with E-state index in [9.17, 15) is 14.4 Å². The molecule has 0 spiro atoms. The summed E-state index contributed by atoms with van der Waals surface area (Å²) in [6.07, 6.45) is 3.33. The van der Waals surface area contributed by atoms with Crippen molar-refractivity contribution in [1.29, 1.82) is 0 Å². The minimum absolute atomic E-state index is 0.00164. The number of urea groups is 1. The molecule has 1 aromatic heterocycles. The van der Waals surface area contributed by atoms with Gasteiger partial charge in [0, 0.05) is 31.5 Å². The smallest absolute Gasteiger partial charge is 0.335 e. The molecule has 27 heavy (non-hydrogen) atoms. The lowest BCUT2D eigenvalue weighted by Crippen LogP contribution is -2.32. The lowest BCUT2D eigenvalue weighted by molar-refractivity contribution is 0.0696. The molecule has 8 heteroatoms. The van der Waals surface area contributed by atoms with Gasteiger partial charge in [0.2, 0.25) is 0 Å². The standard InChI is InChI=1S/C19H20N4O4/c24-17(16-11-14(18(25)26)6-7-20-16)21-12-13-4-3-5-15(10-13)22-19(27)23-8-1-2-9-23/h3-7,10-11H,1-2,8-9,12H2,(H,21,24)(H,22,27)(H,25,26). The fourth-order valence-electron chi connectivity index (χ4n) is 2.84. The summed E-state index contributed by atoms with van der Waals surface area (Å²) in [6.45, 7) is 1.76. The fourth-order valence-corrected chi connectivity index (χ4v) is 2.84. The van der Waals surface area contributed by atoms with Gasteiger partial charge in [-0.25, -0.2) is 9.59 Å². The number of amides is 3. The Morgan fingerprint density at radius 2 is 1.89 bits per heavy atom. The Hall–Kier alpha value is -3.42. The maximum absolute atomic E-state index is 12.2. The minimum atomic E-state index is -1.12. The Labute approximate surface area is 156 Å². The van der Waals surface area contributed by atoms with Crippen molar-refractivity contribution < 1.29 is 19.5 Å². The van der Waals surface area contributed by atoms with Crippen LogP contribution in [-0.4, -0.2) is 46.0 Å². The Balaban J connectivity index is 1.59. The van der Waals surface area contributed by atoms with Gasteiger partial charge in [-0.05, 0) is 42.7 Å². The summed E-state index contributed by atoms with van der Waals surface area (Å²) in [6, 6.07) is 9.63. The average Bonchev–Trinajstić information content (AvgIpc) is 3.21. The fraction of sp³-hybridized carbons (Fsp3) is 0.263. The van der Waals surface area contributed by atoms with Crippen LogP contribution in [0.15, 0.2) is 42.6 Å². The van der Waals surface area contributed by atoms with Gasteiger partial charge in [0.25, 0.3) is 5.91 Å². The zero-order valence-electron chi connectivity index (χ0n) is 14.6. The zero-order valence-corrected chi connectivity index (χ0v) is 14.6. The molecule has 140 valence electrons. The molecule has 0 saturated carbocycles. The molecule has 0 unspecified atom stereocenters. The first kappa shape index (κ1) is 18.4. The number of carbonyl (C=O) groups excluding carboxylic acids is 2. The summed E-state index contributed by atoms with van der Waals surface area (Å²) in [4.78, 5) is 41.0. The van der Waals surface area contributed by atoms with Crippen molar-refractivity contribution in [2.45, 2.75) is 19.4 Å². The van der Waals surface area contributed by atoms with Crippen LogP contribution in [0.2, 0.25) is 0 Å². The molecule has 3 amide bonds. The Kier molecular flexibility index (Phi) is 5.65. The summed E-state index contributed by atoms with van der Waals surface area (Å²) in [5.41, 5.74) is 1.50. The number of hydrogen-bond acceptors (Lipinski definition) is 4. The number of nitrogens with zero attached hydrogens (tertiary/aromatic N) is 2. The van der Waals surface area contributed by atoms with Crippen LogP contribution in [0.4, 0.5) is 10.5 Å². The molecule has 3 rings (SSSR count). The maximum atomic E-state index is 12.2. The highest BCUT2D eigenvalue weighted by Gasteiger charge is 2.17. The predicted octanol–water partition coefficient (Wildman–Crippen LogP) is 2.34.